The zero-order chi connectivity index (χ0) is 11.6. The van der Waals surface area contributed by atoms with Crippen LogP contribution >= 0.6 is 0 Å². The summed E-state index contributed by atoms with van der Waals surface area (Å²) < 4.78 is 1.65. The maximum atomic E-state index is 10.6. The number of hydrogen-bond acceptors (Lipinski definition) is 3. The number of carboxylic acid groups (broad SMARTS) is 1. The van der Waals surface area contributed by atoms with Crippen molar-refractivity contribution in [1.29, 1.82) is 5.26 Å². The lowest BCUT2D eigenvalue weighted by atomic mass is 10.1. The molecule has 1 heterocycles. The van der Waals surface area contributed by atoms with Gasteiger partial charge in [-0.2, -0.15) is 10.4 Å². The van der Waals surface area contributed by atoms with Crippen LogP contribution in [-0.2, 0) is 11.8 Å². The molecule has 0 bridgehead atoms. The van der Waals surface area contributed by atoms with E-state index in [0.717, 1.165) is 5.69 Å². The fourth-order valence-electron chi connectivity index (χ4n) is 1.29. The van der Waals surface area contributed by atoms with Gasteiger partial charge in [0.15, 0.2) is 0 Å². The second-order valence-corrected chi connectivity index (χ2v) is 3.18. The molecular weight excluding hydrogens is 194 g/mol. The van der Waals surface area contributed by atoms with Crippen molar-refractivity contribution < 1.29 is 9.90 Å². The Morgan fingerprint density at radius 3 is 2.53 bits per heavy atom. The molecule has 0 radical (unpaired) electrons. The number of nitrogens with zero attached hydrogens (tertiary/aromatic N) is 3. The van der Waals surface area contributed by atoms with Gasteiger partial charge in [-0.15, -0.1) is 0 Å². The number of carboxylic acids is 1. The largest absolute Gasteiger partial charge is 0.477 e. The molecular formula is C10H11N3O2. The Kier molecular flexibility index (Phi) is 2.90. The number of nitriles is 1. The Labute approximate surface area is 87.3 Å². The molecule has 0 fully saturated rings. The highest BCUT2D eigenvalue weighted by atomic mass is 16.4. The zero-order valence-electron chi connectivity index (χ0n) is 8.77. The molecule has 78 valence electrons. The van der Waals surface area contributed by atoms with Crippen LogP contribution in [0.3, 0.4) is 0 Å². The Hall–Kier alpha value is -2.09. The number of hydrogen-bond donors (Lipinski definition) is 1. The first-order valence-electron chi connectivity index (χ1n) is 4.32. The van der Waals surface area contributed by atoms with Gasteiger partial charge in [0, 0.05) is 18.3 Å². The molecule has 5 heteroatoms. The van der Waals surface area contributed by atoms with E-state index in [2.05, 4.69) is 5.10 Å². The Balaban J connectivity index is 3.30. The predicted octanol–water partition coefficient (Wildman–Crippen LogP) is 1.03. The maximum absolute atomic E-state index is 10.6. The van der Waals surface area contributed by atoms with Crippen molar-refractivity contribution in [2.24, 2.45) is 7.05 Å². The van der Waals surface area contributed by atoms with Crippen molar-refractivity contribution in [2.45, 2.75) is 13.8 Å². The normalized spacial score (nSPS) is 11.2. The zero-order valence-corrected chi connectivity index (χ0v) is 8.77. The highest BCUT2D eigenvalue weighted by Crippen LogP contribution is 2.15. The van der Waals surface area contributed by atoms with Gasteiger partial charge in [-0.3, -0.25) is 4.68 Å². The second kappa shape index (κ2) is 3.96. The molecule has 1 N–H and O–H groups in total. The molecule has 1 aromatic heterocycles. The van der Waals surface area contributed by atoms with Gasteiger partial charge >= 0.3 is 5.97 Å². The van der Waals surface area contributed by atoms with E-state index in [-0.39, 0.29) is 5.57 Å². The van der Waals surface area contributed by atoms with Crippen LogP contribution in [0.1, 0.15) is 17.0 Å². The molecule has 0 saturated carbocycles. The van der Waals surface area contributed by atoms with Crippen molar-refractivity contribution >= 4 is 12.0 Å². The summed E-state index contributed by atoms with van der Waals surface area (Å²) in [6.07, 6.45) is 1.35. The molecule has 0 saturated heterocycles. The first-order chi connectivity index (χ1) is 6.97. The molecule has 0 amide bonds. The minimum Gasteiger partial charge on any atom is -0.477 e. The monoisotopic (exact) mass is 205 g/mol. The highest BCUT2D eigenvalue weighted by molar-refractivity contribution is 5.96. The highest BCUT2D eigenvalue weighted by Gasteiger charge is 2.11. The summed E-state index contributed by atoms with van der Waals surface area (Å²) in [6, 6.07) is 1.64. The third-order valence-electron chi connectivity index (χ3n) is 2.20. The average Bonchev–Trinajstić information content (AvgIpc) is 2.39. The van der Waals surface area contributed by atoms with Gasteiger partial charge in [0.05, 0.1) is 5.69 Å². The standard InChI is InChI=1S/C10H11N3O2/c1-6-9(7(2)13(3)12-6)4-8(5-11)10(14)15/h4H,1-3H3,(H,14,15)/b8-4-. The van der Waals surface area contributed by atoms with E-state index in [1.54, 1.807) is 24.7 Å². The first kappa shape index (κ1) is 11.0. The van der Waals surface area contributed by atoms with Crippen molar-refractivity contribution in [3.05, 3.63) is 22.5 Å². The van der Waals surface area contributed by atoms with Crippen LogP contribution in [-0.4, -0.2) is 20.9 Å². The Morgan fingerprint density at radius 2 is 2.20 bits per heavy atom. The van der Waals surface area contributed by atoms with Crippen LogP contribution in [0, 0.1) is 25.2 Å². The lowest BCUT2D eigenvalue weighted by Crippen LogP contribution is -1.98. The van der Waals surface area contributed by atoms with E-state index in [9.17, 15) is 4.79 Å². The number of carbonyl (C=O) groups is 1. The van der Waals surface area contributed by atoms with Crippen molar-refractivity contribution in [1.82, 2.24) is 9.78 Å². The SMILES string of the molecule is Cc1nn(C)c(C)c1/C=C(/C#N)C(=O)O. The molecule has 0 atom stereocenters. The van der Waals surface area contributed by atoms with Crippen LogP contribution < -0.4 is 0 Å². The molecule has 1 rings (SSSR count). The minimum absolute atomic E-state index is 0.283. The molecule has 0 aromatic carbocycles. The third kappa shape index (κ3) is 2.05. The molecule has 0 aliphatic carbocycles. The van der Waals surface area contributed by atoms with E-state index in [4.69, 9.17) is 10.4 Å². The van der Waals surface area contributed by atoms with E-state index in [1.807, 2.05) is 6.92 Å². The van der Waals surface area contributed by atoms with Gasteiger partial charge in [0.25, 0.3) is 0 Å². The van der Waals surface area contributed by atoms with Crippen LogP contribution in [0.5, 0.6) is 0 Å². The summed E-state index contributed by atoms with van der Waals surface area (Å²) in [6.45, 7) is 3.60. The third-order valence-corrected chi connectivity index (χ3v) is 2.20. The number of aliphatic carboxylic acids is 1. The van der Waals surface area contributed by atoms with E-state index in [1.165, 1.54) is 6.08 Å². The fraction of sp³-hybridized carbons (Fsp3) is 0.300. The van der Waals surface area contributed by atoms with Gasteiger partial charge in [-0.25, -0.2) is 4.79 Å². The topological polar surface area (TPSA) is 78.9 Å². The van der Waals surface area contributed by atoms with Crippen LogP contribution in [0.25, 0.3) is 6.08 Å². The second-order valence-electron chi connectivity index (χ2n) is 3.18. The summed E-state index contributed by atoms with van der Waals surface area (Å²) in [7, 11) is 1.77. The van der Waals surface area contributed by atoms with E-state index in [0.29, 0.717) is 11.3 Å². The van der Waals surface area contributed by atoms with Crippen molar-refractivity contribution in [3.63, 3.8) is 0 Å². The molecule has 0 aliphatic heterocycles. The Bertz CT molecular complexity index is 478. The summed E-state index contributed by atoms with van der Waals surface area (Å²) in [5.74, 6) is -1.22. The van der Waals surface area contributed by atoms with Crippen LogP contribution in [0.4, 0.5) is 0 Å². The molecule has 0 spiro atoms. The summed E-state index contributed by atoms with van der Waals surface area (Å²) in [4.78, 5) is 10.6. The minimum atomic E-state index is -1.22. The first-order valence-corrected chi connectivity index (χ1v) is 4.32. The van der Waals surface area contributed by atoms with Crippen LogP contribution in [0.15, 0.2) is 5.57 Å². The average molecular weight is 205 g/mol. The smallest absolute Gasteiger partial charge is 0.346 e. The summed E-state index contributed by atoms with van der Waals surface area (Å²) in [5, 5.41) is 21.5. The number of aryl methyl sites for hydroxylation is 2. The quantitative estimate of drug-likeness (QED) is 0.577. The molecule has 15 heavy (non-hydrogen) atoms. The maximum Gasteiger partial charge on any atom is 0.346 e. The van der Waals surface area contributed by atoms with E-state index >= 15 is 0 Å². The Morgan fingerprint density at radius 1 is 1.60 bits per heavy atom. The van der Waals surface area contributed by atoms with Gasteiger partial charge in [-0.05, 0) is 19.9 Å². The van der Waals surface area contributed by atoms with Crippen LogP contribution in [0.2, 0.25) is 0 Å². The van der Waals surface area contributed by atoms with Gasteiger partial charge in [0.1, 0.15) is 11.6 Å². The number of rotatable bonds is 2. The molecule has 0 aliphatic rings. The van der Waals surface area contributed by atoms with Gasteiger partial charge in [-0.1, -0.05) is 0 Å². The predicted molar refractivity (Wildman–Crippen MR) is 53.9 cm³/mol. The van der Waals surface area contributed by atoms with Crippen molar-refractivity contribution in [2.75, 3.05) is 0 Å². The summed E-state index contributed by atoms with van der Waals surface area (Å²) >= 11 is 0. The lowest BCUT2D eigenvalue weighted by molar-refractivity contribution is -0.132. The molecule has 1 aromatic rings. The molecule has 0 unspecified atom stereocenters. The van der Waals surface area contributed by atoms with Crippen molar-refractivity contribution in [3.8, 4) is 6.07 Å². The molecule has 5 nitrogen and oxygen atoms in total. The lowest BCUT2D eigenvalue weighted by Gasteiger charge is -1.95. The van der Waals surface area contributed by atoms with Gasteiger partial charge in [0.2, 0.25) is 0 Å². The fourth-order valence-corrected chi connectivity index (χ4v) is 1.29. The summed E-state index contributed by atoms with van der Waals surface area (Å²) in [5.41, 5.74) is 1.95. The van der Waals surface area contributed by atoms with E-state index < -0.39 is 5.97 Å². The number of aromatic nitrogens is 2. The van der Waals surface area contributed by atoms with Gasteiger partial charge < -0.3 is 5.11 Å².